The van der Waals surface area contributed by atoms with Gasteiger partial charge in [0.2, 0.25) is 10.0 Å². The lowest BCUT2D eigenvalue weighted by Crippen LogP contribution is -2.29. The van der Waals surface area contributed by atoms with Crippen molar-refractivity contribution in [3.63, 3.8) is 0 Å². The molecular formula is C20H19BrN2O4S. The third-order valence-electron chi connectivity index (χ3n) is 4.62. The van der Waals surface area contributed by atoms with Crippen molar-refractivity contribution in [3.8, 4) is 6.07 Å². The molecule has 2 aromatic rings. The lowest BCUT2D eigenvalue weighted by Gasteiger charge is -2.24. The molecule has 0 saturated carbocycles. The first-order valence-electron chi connectivity index (χ1n) is 8.63. The molecule has 1 unspecified atom stereocenters. The Morgan fingerprint density at radius 3 is 2.68 bits per heavy atom. The zero-order chi connectivity index (χ0) is 20.5. The molecule has 0 amide bonds. The van der Waals surface area contributed by atoms with Crippen LogP contribution in [0.4, 0.5) is 0 Å². The number of rotatable bonds is 5. The third-order valence-corrected chi connectivity index (χ3v) is 7.00. The Balaban J connectivity index is 2.18. The van der Waals surface area contributed by atoms with Crippen LogP contribution in [0.15, 0.2) is 63.4 Å². The van der Waals surface area contributed by atoms with E-state index in [1.54, 1.807) is 25.1 Å². The molecule has 0 aliphatic carbocycles. The second kappa shape index (κ2) is 7.95. The molecule has 28 heavy (non-hydrogen) atoms. The molecule has 0 saturated heterocycles. The fraction of sp³-hybridized carbons (Fsp3) is 0.250. The summed E-state index contributed by atoms with van der Waals surface area (Å²) >= 11 is 3.41. The van der Waals surface area contributed by atoms with Crippen molar-refractivity contribution < 1.29 is 18.3 Å². The summed E-state index contributed by atoms with van der Waals surface area (Å²) < 4.78 is 33.7. The van der Waals surface area contributed by atoms with Crippen LogP contribution in [0.3, 0.4) is 0 Å². The molecule has 0 aromatic heterocycles. The fourth-order valence-electron chi connectivity index (χ4n) is 3.28. The van der Waals surface area contributed by atoms with Crippen LogP contribution in [0, 0.1) is 18.3 Å². The number of benzene rings is 2. The number of hydrogen-bond donors (Lipinski definition) is 1. The number of fused-ring (bicyclic) bond motifs is 1. The number of aliphatic hydroxyl groups is 1. The number of ether oxygens (including phenoxy) is 1. The number of sulfonamides is 1. The van der Waals surface area contributed by atoms with Gasteiger partial charge in [0.1, 0.15) is 11.6 Å². The number of halogens is 1. The number of nitrogens with zero attached hydrogens (tertiary/aromatic N) is 2. The summed E-state index contributed by atoms with van der Waals surface area (Å²) in [6, 6.07) is 13.1. The molecule has 0 spiro atoms. The summed E-state index contributed by atoms with van der Waals surface area (Å²) in [7, 11) is -3.85. The largest absolute Gasteiger partial charge is 0.480 e. The molecular weight excluding hydrogens is 444 g/mol. The second-order valence-corrected chi connectivity index (χ2v) is 9.10. The summed E-state index contributed by atoms with van der Waals surface area (Å²) in [5, 5.41) is 19.9. The highest BCUT2D eigenvalue weighted by Gasteiger charge is 2.45. The molecule has 1 aliphatic heterocycles. The summed E-state index contributed by atoms with van der Waals surface area (Å²) in [6.45, 7) is 3.78. The van der Waals surface area contributed by atoms with E-state index in [0.717, 1.165) is 15.6 Å². The number of aryl methyl sites for hydroxylation is 1. The van der Waals surface area contributed by atoms with E-state index in [-0.39, 0.29) is 23.6 Å². The molecule has 0 bridgehead atoms. The number of nitriles is 1. The first-order chi connectivity index (χ1) is 13.3. The zero-order valence-corrected chi connectivity index (χ0v) is 17.8. The van der Waals surface area contributed by atoms with Crippen molar-refractivity contribution in [2.45, 2.75) is 31.3 Å². The van der Waals surface area contributed by atoms with Crippen LogP contribution in [0.1, 0.15) is 29.7 Å². The maximum atomic E-state index is 13.2. The number of aliphatic hydroxyl groups excluding tert-OH is 1. The average molecular weight is 463 g/mol. The van der Waals surface area contributed by atoms with Crippen LogP contribution in [-0.2, 0) is 21.3 Å². The summed E-state index contributed by atoms with van der Waals surface area (Å²) in [4.78, 5) is 0.131. The van der Waals surface area contributed by atoms with Gasteiger partial charge in [0, 0.05) is 11.0 Å². The van der Waals surface area contributed by atoms with Crippen LogP contribution in [-0.4, -0.2) is 24.4 Å². The molecule has 1 aliphatic rings. The van der Waals surface area contributed by atoms with Crippen LogP contribution >= 0.6 is 15.9 Å². The minimum Gasteiger partial charge on any atom is -0.480 e. The van der Waals surface area contributed by atoms with Gasteiger partial charge < -0.3 is 9.84 Å². The Kier molecular flexibility index (Phi) is 5.79. The molecule has 8 heteroatoms. The minimum atomic E-state index is -3.85. The van der Waals surface area contributed by atoms with Crippen LogP contribution < -0.4 is 0 Å². The summed E-state index contributed by atoms with van der Waals surface area (Å²) in [6.07, 6.45) is 0. The van der Waals surface area contributed by atoms with Gasteiger partial charge in [-0.25, -0.2) is 8.42 Å². The Morgan fingerprint density at radius 2 is 2.04 bits per heavy atom. The lowest BCUT2D eigenvalue weighted by atomic mass is 9.99. The molecule has 0 radical (unpaired) electrons. The maximum absolute atomic E-state index is 13.2. The van der Waals surface area contributed by atoms with Crippen molar-refractivity contribution >= 4 is 26.0 Å². The van der Waals surface area contributed by atoms with Gasteiger partial charge in [-0.05, 0) is 48.7 Å². The molecule has 3 rings (SSSR count). The highest BCUT2D eigenvalue weighted by atomic mass is 79.9. The van der Waals surface area contributed by atoms with Gasteiger partial charge >= 0.3 is 0 Å². The summed E-state index contributed by atoms with van der Waals surface area (Å²) in [5.74, 6) is -0.556. The van der Waals surface area contributed by atoms with Crippen molar-refractivity contribution in [2.75, 3.05) is 6.61 Å². The van der Waals surface area contributed by atoms with E-state index in [4.69, 9.17) is 4.74 Å². The smallest absolute Gasteiger partial charge is 0.293 e. The van der Waals surface area contributed by atoms with Crippen molar-refractivity contribution in [2.24, 2.45) is 0 Å². The topological polar surface area (TPSA) is 90.6 Å². The highest BCUT2D eigenvalue weighted by molar-refractivity contribution is 9.10. The van der Waals surface area contributed by atoms with E-state index < -0.39 is 22.0 Å². The molecule has 0 fully saturated rings. The van der Waals surface area contributed by atoms with E-state index in [9.17, 15) is 18.8 Å². The first-order valence-corrected chi connectivity index (χ1v) is 10.9. The SMILES string of the molecule is CCO/C(O)=C(/C#N)C1c2ccccc2S(=O)(=O)N1Cc1ccc(Br)cc1C. The normalized spacial score (nSPS) is 18.9. The fourth-order valence-corrected chi connectivity index (χ4v) is 5.54. The Morgan fingerprint density at radius 1 is 1.32 bits per heavy atom. The highest BCUT2D eigenvalue weighted by Crippen LogP contribution is 2.45. The van der Waals surface area contributed by atoms with E-state index >= 15 is 0 Å². The van der Waals surface area contributed by atoms with Gasteiger partial charge in [0.25, 0.3) is 5.95 Å². The van der Waals surface area contributed by atoms with Gasteiger partial charge in [-0.1, -0.05) is 40.2 Å². The molecule has 146 valence electrons. The summed E-state index contributed by atoms with van der Waals surface area (Å²) in [5.41, 5.74) is 2.03. The minimum absolute atomic E-state index is 0.0609. The quantitative estimate of drug-likeness (QED) is 0.527. The van der Waals surface area contributed by atoms with Crippen molar-refractivity contribution in [1.29, 1.82) is 5.26 Å². The third kappa shape index (κ3) is 3.53. The molecule has 1 heterocycles. The monoisotopic (exact) mass is 462 g/mol. The van der Waals surface area contributed by atoms with Crippen molar-refractivity contribution in [3.05, 3.63) is 75.1 Å². The van der Waals surface area contributed by atoms with Gasteiger partial charge in [0.15, 0.2) is 0 Å². The Bertz CT molecular complexity index is 1090. The Hall–Kier alpha value is -2.34. The van der Waals surface area contributed by atoms with E-state index in [1.165, 1.54) is 10.4 Å². The van der Waals surface area contributed by atoms with Gasteiger partial charge in [-0.3, -0.25) is 0 Å². The van der Waals surface area contributed by atoms with Crippen LogP contribution in [0.5, 0.6) is 0 Å². The predicted octanol–water partition coefficient (Wildman–Crippen LogP) is 4.33. The molecule has 1 atom stereocenters. The van der Waals surface area contributed by atoms with Gasteiger partial charge in [0.05, 0.1) is 17.5 Å². The standard InChI is InChI=1S/C20H19BrN2O4S/c1-3-27-20(24)17(11-22)19-16-6-4-5-7-18(16)28(25,26)23(19)12-14-8-9-15(21)10-13(14)2/h4-10,19,24H,3,12H2,1-2H3/b20-17-. The second-order valence-electron chi connectivity index (χ2n) is 6.33. The van der Waals surface area contributed by atoms with Crippen LogP contribution in [0.2, 0.25) is 0 Å². The maximum Gasteiger partial charge on any atom is 0.293 e. The average Bonchev–Trinajstić information content (AvgIpc) is 2.86. The van der Waals surface area contributed by atoms with E-state index in [0.29, 0.717) is 5.56 Å². The Labute approximate surface area is 172 Å². The van der Waals surface area contributed by atoms with E-state index in [2.05, 4.69) is 15.9 Å². The molecule has 2 aromatic carbocycles. The molecule has 1 N–H and O–H groups in total. The zero-order valence-electron chi connectivity index (χ0n) is 15.4. The number of hydrogen-bond acceptors (Lipinski definition) is 5. The van der Waals surface area contributed by atoms with Gasteiger partial charge in [-0.15, -0.1) is 0 Å². The lowest BCUT2D eigenvalue weighted by molar-refractivity contribution is 0.0952. The van der Waals surface area contributed by atoms with Crippen molar-refractivity contribution in [1.82, 2.24) is 4.31 Å². The first kappa shape index (κ1) is 20.4. The van der Waals surface area contributed by atoms with Gasteiger partial charge in [-0.2, -0.15) is 9.57 Å². The predicted molar refractivity (Wildman–Crippen MR) is 108 cm³/mol. The molecule has 6 nitrogen and oxygen atoms in total. The van der Waals surface area contributed by atoms with E-state index in [1.807, 2.05) is 31.2 Å². The van der Waals surface area contributed by atoms with Crippen LogP contribution in [0.25, 0.3) is 0 Å².